The smallest absolute Gasteiger partial charge is 0.136 e. The summed E-state index contributed by atoms with van der Waals surface area (Å²) in [6, 6.07) is 0. The van der Waals surface area contributed by atoms with E-state index in [4.69, 9.17) is 0 Å². The molecule has 1 nitrogen and oxygen atoms in total. The average molecular weight is 156 g/mol. The Morgan fingerprint density at radius 1 is 1.80 bits per heavy atom. The molecule has 0 aromatic carbocycles. The molecule has 0 radical (unpaired) electrons. The molecule has 1 atom stereocenters. The summed E-state index contributed by atoms with van der Waals surface area (Å²) in [5.74, 6) is 0. The number of hydrogen-bond donors (Lipinski definition) is 0. The molecule has 2 heteroatoms. The fraction of sp³-hybridized carbons (Fsp3) is 0.625. The minimum absolute atomic E-state index is 0.139. The van der Waals surface area contributed by atoms with Crippen LogP contribution in [0.3, 0.4) is 0 Å². The van der Waals surface area contributed by atoms with Gasteiger partial charge in [0.1, 0.15) is 6.29 Å². The van der Waals surface area contributed by atoms with Crippen molar-refractivity contribution in [1.29, 1.82) is 0 Å². The molecular weight excluding hydrogens is 144 g/mol. The molecule has 10 heavy (non-hydrogen) atoms. The number of allylic oxidation sites excluding steroid dienone is 1. The molecule has 0 aliphatic carbocycles. The van der Waals surface area contributed by atoms with E-state index in [0.717, 1.165) is 19.1 Å². The van der Waals surface area contributed by atoms with Crippen molar-refractivity contribution in [2.45, 2.75) is 31.4 Å². The second-order valence-corrected chi connectivity index (χ2v) is 4.42. The summed E-state index contributed by atoms with van der Waals surface area (Å²) in [7, 11) is 0. The third kappa shape index (κ3) is 1.63. The Morgan fingerprint density at radius 2 is 2.50 bits per heavy atom. The van der Waals surface area contributed by atoms with Gasteiger partial charge < -0.3 is 4.79 Å². The van der Waals surface area contributed by atoms with Gasteiger partial charge in [-0.1, -0.05) is 5.57 Å². The Balaban J connectivity index is 2.64. The van der Waals surface area contributed by atoms with Gasteiger partial charge in [-0.2, -0.15) is 0 Å². The molecule has 1 aliphatic rings. The fourth-order valence-corrected chi connectivity index (χ4v) is 1.75. The zero-order valence-corrected chi connectivity index (χ0v) is 7.20. The first-order valence-corrected chi connectivity index (χ1v) is 4.34. The van der Waals surface area contributed by atoms with Gasteiger partial charge in [0.15, 0.2) is 0 Å². The van der Waals surface area contributed by atoms with Crippen LogP contribution >= 0.6 is 11.8 Å². The average Bonchev–Trinajstić information content (AvgIpc) is 1.96. The minimum Gasteiger partial charge on any atom is -0.302 e. The van der Waals surface area contributed by atoms with Crippen LogP contribution in [0.25, 0.3) is 0 Å². The first kappa shape index (κ1) is 7.86. The lowest BCUT2D eigenvalue weighted by Gasteiger charge is -2.24. The predicted octanol–water partition coefficient (Wildman–Crippen LogP) is 2.37. The molecule has 0 aromatic rings. The Hall–Kier alpha value is -0.240. The Bertz CT molecular complexity index is 174. The number of hydrogen-bond acceptors (Lipinski definition) is 2. The van der Waals surface area contributed by atoms with E-state index in [0.29, 0.717) is 0 Å². The van der Waals surface area contributed by atoms with Crippen molar-refractivity contribution < 1.29 is 4.79 Å². The lowest BCUT2D eigenvalue weighted by molar-refractivity contribution is -0.109. The molecule has 0 aromatic heterocycles. The molecule has 0 spiro atoms. The molecule has 1 unspecified atom stereocenters. The summed E-state index contributed by atoms with van der Waals surface area (Å²) in [4.78, 5) is 10.5. The third-order valence-corrected chi connectivity index (χ3v) is 3.15. The maximum Gasteiger partial charge on any atom is 0.136 e. The highest BCUT2D eigenvalue weighted by molar-refractivity contribution is 8.04. The first-order valence-electron chi connectivity index (χ1n) is 3.46. The Morgan fingerprint density at radius 3 is 2.90 bits per heavy atom. The van der Waals surface area contributed by atoms with Crippen LogP contribution in [0.5, 0.6) is 0 Å². The highest BCUT2D eigenvalue weighted by Crippen LogP contribution is 2.35. The number of carbonyl (C=O) groups is 1. The maximum absolute atomic E-state index is 10.5. The first-order chi connectivity index (χ1) is 4.66. The van der Waals surface area contributed by atoms with Crippen LogP contribution in [0.1, 0.15) is 26.7 Å². The molecule has 0 amide bonds. The molecule has 0 saturated heterocycles. The van der Waals surface area contributed by atoms with Gasteiger partial charge in [0.05, 0.1) is 4.75 Å². The van der Waals surface area contributed by atoms with Gasteiger partial charge in [-0.15, -0.1) is 11.8 Å². The van der Waals surface area contributed by atoms with Crippen LogP contribution in [-0.4, -0.2) is 11.0 Å². The van der Waals surface area contributed by atoms with E-state index in [-0.39, 0.29) is 4.75 Å². The summed E-state index contributed by atoms with van der Waals surface area (Å²) in [6.45, 7) is 4.10. The summed E-state index contributed by atoms with van der Waals surface area (Å²) in [5, 5.41) is 2.10. The quantitative estimate of drug-likeness (QED) is 0.542. The van der Waals surface area contributed by atoms with Gasteiger partial charge in [0.2, 0.25) is 0 Å². The summed E-state index contributed by atoms with van der Waals surface area (Å²) in [5.41, 5.74) is 1.39. The number of thioether (sulfide) groups is 1. The molecule has 0 bridgehead atoms. The topological polar surface area (TPSA) is 17.1 Å². The highest BCUT2D eigenvalue weighted by Gasteiger charge is 2.25. The van der Waals surface area contributed by atoms with Crippen molar-refractivity contribution >= 4 is 18.0 Å². The normalized spacial score (nSPS) is 33.2. The zero-order valence-electron chi connectivity index (χ0n) is 6.39. The van der Waals surface area contributed by atoms with Gasteiger partial charge in [-0.25, -0.2) is 0 Å². The van der Waals surface area contributed by atoms with E-state index < -0.39 is 0 Å². The van der Waals surface area contributed by atoms with E-state index >= 15 is 0 Å². The van der Waals surface area contributed by atoms with E-state index in [1.54, 1.807) is 11.8 Å². The van der Waals surface area contributed by atoms with Crippen LogP contribution in [0.15, 0.2) is 11.0 Å². The molecule has 1 heterocycles. The largest absolute Gasteiger partial charge is 0.302 e. The molecular formula is C8H12OS. The standard InChI is InChI=1S/C8H12OS/c1-7-3-4-8(2,6-9)10-5-7/h5-6H,3-4H2,1-2H3. The molecule has 1 aliphatic heterocycles. The molecule has 1 rings (SSSR count). The Kier molecular flexibility index (Phi) is 2.19. The maximum atomic E-state index is 10.5. The van der Waals surface area contributed by atoms with E-state index in [2.05, 4.69) is 12.3 Å². The van der Waals surface area contributed by atoms with Crippen molar-refractivity contribution in [2.75, 3.05) is 0 Å². The highest BCUT2D eigenvalue weighted by atomic mass is 32.2. The van der Waals surface area contributed by atoms with Crippen molar-refractivity contribution in [1.82, 2.24) is 0 Å². The van der Waals surface area contributed by atoms with Crippen LogP contribution in [-0.2, 0) is 4.79 Å². The van der Waals surface area contributed by atoms with Gasteiger partial charge in [-0.05, 0) is 32.1 Å². The van der Waals surface area contributed by atoms with E-state index in [1.807, 2.05) is 6.92 Å². The van der Waals surface area contributed by atoms with Gasteiger partial charge in [0.25, 0.3) is 0 Å². The van der Waals surface area contributed by atoms with Crippen molar-refractivity contribution in [3.63, 3.8) is 0 Å². The lowest BCUT2D eigenvalue weighted by atomic mass is 10.0. The number of carbonyl (C=O) groups excluding carboxylic acids is 1. The van der Waals surface area contributed by atoms with Crippen molar-refractivity contribution in [2.24, 2.45) is 0 Å². The summed E-state index contributed by atoms with van der Waals surface area (Å²) < 4.78 is -0.139. The monoisotopic (exact) mass is 156 g/mol. The molecule has 56 valence electrons. The zero-order chi connectivity index (χ0) is 7.61. The second kappa shape index (κ2) is 2.79. The molecule has 0 fully saturated rings. The molecule has 0 N–H and O–H groups in total. The van der Waals surface area contributed by atoms with E-state index in [1.165, 1.54) is 5.57 Å². The van der Waals surface area contributed by atoms with Gasteiger partial charge in [-0.3, -0.25) is 0 Å². The predicted molar refractivity (Wildman–Crippen MR) is 45.1 cm³/mol. The number of rotatable bonds is 1. The van der Waals surface area contributed by atoms with Crippen molar-refractivity contribution in [3.8, 4) is 0 Å². The SMILES string of the molecule is CC1=CSC(C)(C=O)CC1. The Labute approximate surface area is 65.9 Å². The van der Waals surface area contributed by atoms with E-state index in [9.17, 15) is 4.79 Å². The van der Waals surface area contributed by atoms with Crippen molar-refractivity contribution in [3.05, 3.63) is 11.0 Å². The summed E-state index contributed by atoms with van der Waals surface area (Å²) >= 11 is 1.64. The van der Waals surface area contributed by atoms with Crippen LogP contribution < -0.4 is 0 Å². The second-order valence-electron chi connectivity index (χ2n) is 3.01. The molecule has 0 saturated carbocycles. The van der Waals surface area contributed by atoms with Crippen LogP contribution in [0.2, 0.25) is 0 Å². The third-order valence-electron chi connectivity index (χ3n) is 1.79. The summed E-state index contributed by atoms with van der Waals surface area (Å²) in [6.07, 6.45) is 3.12. The minimum atomic E-state index is -0.139. The van der Waals surface area contributed by atoms with Crippen LogP contribution in [0, 0.1) is 0 Å². The lowest BCUT2D eigenvalue weighted by Crippen LogP contribution is -2.23. The number of aldehydes is 1. The fourth-order valence-electron chi connectivity index (χ4n) is 0.885. The van der Waals surface area contributed by atoms with Gasteiger partial charge >= 0.3 is 0 Å². The van der Waals surface area contributed by atoms with Crippen LogP contribution in [0.4, 0.5) is 0 Å². The van der Waals surface area contributed by atoms with Gasteiger partial charge in [0, 0.05) is 0 Å².